The number of nitrogens with one attached hydrogen (secondary N) is 2. The van der Waals surface area contributed by atoms with Crippen molar-refractivity contribution in [3.05, 3.63) is 48.5 Å². The van der Waals surface area contributed by atoms with Crippen molar-refractivity contribution >= 4 is 45.6 Å². The van der Waals surface area contributed by atoms with Gasteiger partial charge in [0.05, 0.1) is 24.1 Å². The van der Waals surface area contributed by atoms with E-state index in [1.54, 1.807) is 46.3 Å². The Morgan fingerprint density at radius 1 is 1.22 bits per heavy atom. The largest absolute Gasteiger partial charge is 0.489 e. The molecular formula is C25H27N7O4. The van der Waals surface area contributed by atoms with E-state index in [9.17, 15) is 9.59 Å². The van der Waals surface area contributed by atoms with Crippen molar-refractivity contribution in [2.75, 3.05) is 23.9 Å². The van der Waals surface area contributed by atoms with E-state index in [-0.39, 0.29) is 24.2 Å². The Kier molecular flexibility index (Phi) is 5.62. The van der Waals surface area contributed by atoms with Crippen LogP contribution in [0.4, 0.5) is 22.0 Å². The van der Waals surface area contributed by atoms with Crippen molar-refractivity contribution in [3.8, 4) is 5.75 Å². The minimum atomic E-state index is -0.681. The Labute approximate surface area is 207 Å². The standard InChI is InChI=1S/C25H27N7O4/c1-14-13-35-20-12-26-10-15-6-7-16(8-17(15)20)29-21-9-18(31(5)24(34)36-25(2,3)4)22-27-11-19(23(33)28-14)32(22)30-21/h6-12,14H,13H2,1-5H3,(H,28,33)(H,29,30). The first-order valence-corrected chi connectivity index (χ1v) is 11.5. The van der Waals surface area contributed by atoms with E-state index in [1.165, 1.54) is 15.6 Å². The van der Waals surface area contributed by atoms with Gasteiger partial charge in [0.15, 0.2) is 17.2 Å². The van der Waals surface area contributed by atoms with E-state index in [1.807, 2.05) is 25.1 Å². The summed E-state index contributed by atoms with van der Waals surface area (Å²) < 4.78 is 13.0. The highest BCUT2D eigenvalue weighted by Gasteiger charge is 2.26. The van der Waals surface area contributed by atoms with Crippen LogP contribution in [0.3, 0.4) is 0 Å². The number of ether oxygens (including phenoxy) is 2. The summed E-state index contributed by atoms with van der Waals surface area (Å²) in [5.41, 5.74) is 1.04. The third-order valence-corrected chi connectivity index (χ3v) is 5.57. The summed E-state index contributed by atoms with van der Waals surface area (Å²) >= 11 is 0. The zero-order valence-electron chi connectivity index (χ0n) is 20.7. The molecule has 0 saturated heterocycles. The number of carbonyl (C=O) groups excluding carboxylic acids is 2. The minimum Gasteiger partial charge on any atom is -0.489 e. The van der Waals surface area contributed by atoms with Crippen molar-refractivity contribution in [2.45, 2.75) is 39.3 Å². The molecule has 0 aliphatic carbocycles. The maximum absolute atomic E-state index is 13.1. The van der Waals surface area contributed by atoms with Gasteiger partial charge in [0, 0.05) is 35.8 Å². The molecule has 1 unspecified atom stereocenters. The molecule has 1 aliphatic heterocycles. The number of hydrogen-bond donors (Lipinski definition) is 2. The number of anilines is 3. The second kappa shape index (κ2) is 8.67. The summed E-state index contributed by atoms with van der Waals surface area (Å²) in [6.07, 6.45) is 4.29. The number of benzene rings is 1. The Balaban J connectivity index is 1.67. The number of hydrogen-bond acceptors (Lipinski definition) is 8. The third kappa shape index (κ3) is 4.47. The average molecular weight is 490 g/mol. The van der Waals surface area contributed by atoms with Crippen molar-refractivity contribution in [3.63, 3.8) is 0 Å². The van der Waals surface area contributed by atoms with Crippen LogP contribution in [0.1, 0.15) is 38.2 Å². The molecule has 36 heavy (non-hydrogen) atoms. The molecule has 5 rings (SSSR count). The predicted molar refractivity (Wildman–Crippen MR) is 135 cm³/mol. The highest BCUT2D eigenvalue weighted by atomic mass is 16.6. The van der Waals surface area contributed by atoms with Crippen molar-refractivity contribution in [2.24, 2.45) is 0 Å². The van der Waals surface area contributed by atoms with Crippen molar-refractivity contribution < 1.29 is 19.1 Å². The van der Waals surface area contributed by atoms with E-state index >= 15 is 0 Å². The second-order valence-electron chi connectivity index (χ2n) is 9.72. The number of pyridine rings is 1. The molecule has 0 saturated carbocycles. The molecule has 186 valence electrons. The Morgan fingerprint density at radius 3 is 2.81 bits per heavy atom. The molecule has 0 fully saturated rings. The molecule has 2 N–H and O–H groups in total. The fourth-order valence-electron chi connectivity index (χ4n) is 3.88. The van der Waals surface area contributed by atoms with Crippen LogP contribution >= 0.6 is 0 Å². The Morgan fingerprint density at radius 2 is 2.03 bits per heavy atom. The van der Waals surface area contributed by atoms with Gasteiger partial charge >= 0.3 is 6.09 Å². The van der Waals surface area contributed by atoms with Crippen LogP contribution in [-0.4, -0.2) is 56.9 Å². The topological polar surface area (TPSA) is 123 Å². The van der Waals surface area contributed by atoms with Gasteiger partial charge in [-0.2, -0.15) is 0 Å². The zero-order chi connectivity index (χ0) is 25.6. The maximum Gasteiger partial charge on any atom is 0.414 e. The second-order valence-corrected chi connectivity index (χ2v) is 9.72. The number of aromatic nitrogens is 4. The maximum atomic E-state index is 13.1. The van der Waals surface area contributed by atoms with E-state index in [0.29, 0.717) is 22.9 Å². The molecule has 2 amide bonds. The molecule has 11 heteroatoms. The lowest BCUT2D eigenvalue weighted by molar-refractivity contribution is 0.0589. The van der Waals surface area contributed by atoms with Gasteiger partial charge in [-0.3, -0.25) is 14.7 Å². The number of amides is 2. The lowest BCUT2D eigenvalue weighted by Crippen LogP contribution is -2.37. The molecule has 11 nitrogen and oxygen atoms in total. The van der Waals surface area contributed by atoms with Gasteiger partial charge in [-0.15, -0.1) is 5.10 Å². The first kappa shape index (κ1) is 23.3. The molecule has 0 spiro atoms. The molecule has 1 aliphatic rings. The van der Waals surface area contributed by atoms with Crippen LogP contribution in [0.2, 0.25) is 0 Å². The van der Waals surface area contributed by atoms with Gasteiger partial charge in [0.1, 0.15) is 18.0 Å². The molecule has 0 radical (unpaired) electrons. The van der Waals surface area contributed by atoms with Gasteiger partial charge < -0.3 is 20.1 Å². The van der Waals surface area contributed by atoms with Gasteiger partial charge in [-0.05, 0) is 39.8 Å². The fourth-order valence-corrected chi connectivity index (χ4v) is 3.88. The Hall–Kier alpha value is -4.41. The van der Waals surface area contributed by atoms with Crippen LogP contribution in [0.5, 0.6) is 5.75 Å². The van der Waals surface area contributed by atoms with E-state index in [0.717, 1.165) is 16.5 Å². The highest BCUT2D eigenvalue weighted by molar-refractivity contribution is 5.97. The average Bonchev–Trinajstić information content (AvgIpc) is 3.24. The molecule has 1 aromatic carbocycles. The number of imidazole rings is 1. The predicted octanol–water partition coefficient (Wildman–Crippen LogP) is 3.90. The molecule has 4 heterocycles. The summed E-state index contributed by atoms with van der Waals surface area (Å²) in [6, 6.07) is 7.15. The molecule has 4 aromatic rings. The van der Waals surface area contributed by atoms with Crippen LogP contribution in [0, 0.1) is 0 Å². The molecule has 3 aromatic heterocycles. The number of fused-ring (bicyclic) bond motifs is 2. The van der Waals surface area contributed by atoms with E-state index in [4.69, 9.17) is 9.47 Å². The first-order chi connectivity index (χ1) is 17.1. The fraction of sp³-hybridized carbons (Fsp3) is 0.320. The lowest BCUT2D eigenvalue weighted by Gasteiger charge is -2.25. The smallest absolute Gasteiger partial charge is 0.414 e. The number of nitrogens with zero attached hydrogens (tertiary/aromatic N) is 5. The zero-order valence-corrected chi connectivity index (χ0v) is 20.7. The summed E-state index contributed by atoms with van der Waals surface area (Å²) in [7, 11) is 1.59. The van der Waals surface area contributed by atoms with Gasteiger partial charge in [0.25, 0.3) is 5.91 Å². The molecular weight excluding hydrogens is 462 g/mol. The van der Waals surface area contributed by atoms with Crippen LogP contribution in [-0.2, 0) is 4.74 Å². The van der Waals surface area contributed by atoms with Crippen LogP contribution < -0.4 is 20.3 Å². The third-order valence-electron chi connectivity index (χ3n) is 5.57. The first-order valence-electron chi connectivity index (χ1n) is 11.5. The Bertz CT molecular complexity index is 1490. The highest BCUT2D eigenvalue weighted by Crippen LogP contribution is 2.31. The quantitative estimate of drug-likeness (QED) is 0.413. The molecule has 4 bridgehead atoms. The SMILES string of the molecule is CC1COc2cncc3ccc(cc23)Nc2cc(N(C)C(=O)OC(C)(C)C)c3ncc(n3n2)C(=O)N1. The summed E-state index contributed by atoms with van der Waals surface area (Å²) in [5.74, 6) is 0.634. The normalized spacial score (nSPS) is 15.8. The van der Waals surface area contributed by atoms with Gasteiger partial charge in [-0.25, -0.2) is 14.3 Å². The number of carbonyl (C=O) groups is 2. The lowest BCUT2D eigenvalue weighted by atomic mass is 10.1. The minimum absolute atomic E-state index is 0.217. The van der Waals surface area contributed by atoms with Crippen LogP contribution in [0.15, 0.2) is 42.9 Å². The van der Waals surface area contributed by atoms with Crippen molar-refractivity contribution in [1.82, 2.24) is 24.9 Å². The van der Waals surface area contributed by atoms with E-state index in [2.05, 4.69) is 25.7 Å². The van der Waals surface area contributed by atoms with Crippen LogP contribution in [0.25, 0.3) is 16.4 Å². The number of rotatable bonds is 1. The monoisotopic (exact) mass is 489 g/mol. The summed E-state index contributed by atoms with van der Waals surface area (Å²) in [6.45, 7) is 7.48. The summed E-state index contributed by atoms with van der Waals surface area (Å²) in [5, 5.41) is 12.6. The van der Waals surface area contributed by atoms with Gasteiger partial charge in [0.2, 0.25) is 0 Å². The van der Waals surface area contributed by atoms with E-state index < -0.39 is 11.7 Å². The molecule has 1 atom stereocenters. The van der Waals surface area contributed by atoms with Gasteiger partial charge in [-0.1, -0.05) is 6.07 Å². The van der Waals surface area contributed by atoms with Crippen molar-refractivity contribution in [1.29, 1.82) is 0 Å². The summed E-state index contributed by atoms with van der Waals surface area (Å²) in [4.78, 5) is 36.0.